The Bertz CT molecular complexity index is 280. The van der Waals surface area contributed by atoms with Crippen molar-refractivity contribution in [3.63, 3.8) is 0 Å². The van der Waals surface area contributed by atoms with Gasteiger partial charge in [-0.15, -0.1) is 0 Å². The Kier molecular flexibility index (Phi) is 5.41. The first-order valence-electron chi connectivity index (χ1n) is 6.04. The van der Waals surface area contributed by atoms with E-state index in [1.165, 1.54) is 30.4 Å². The normalized spacial score (nSPS) is 12.7. The van der Waals surface area contributed by atoms with Gasteiger partial charge in [0.2, 0.25) is 0 Å². The van der Waals surface area contributed by atoms with Gasteiger partial charge in [-0.1, -0.05) is 49.6 Å². The summed E-state index contributed by atoms with van der Waals surface area (Å²) in [4.78, 5) is 0. The molecule has 0 aliphatic heterocycles. The zero-order chi connectivity index (χ0) is 11.1. The van der Waals surface area contributed by atoms with Gasteiger partial charge in [-0.05, 0) is 32.4 Å². The van der Waals surface area contributed by atoms with Crippen molar-refractivity contribution in [3.05, 3.63) is 35.4 Å². The first-order valence-corrected chi connectivity index (χ1v) is 6.04. The molecule has 0 spiro atoms. The van der Waals surface area contributed by atoms with Crippen LogP contribution in [0.15, 0.2) is 24.3 Å². The Labute approximate surface area is 93.9 Å². The molecule has 0 unspecified atom stereocenters. The molecule has 84 valence electrons. The molecule has 0 bridgehead atoms. The molecule has 0 aliphatic rings. The lowest BCUT2D eigenvalue weighted by Crippen LogP contribution is -2.19. The van der Waals surface area contributed by atoms with E-state index in [1.807, 2.05) is 0 Å². The van der Waals surface area contributed by atoms with Crippen LogP contribution < -0.4 is 5.32 Å². The standard InChI is InChI=1S/C14H23N/c1-4-5-6-10-15-13(3)14-9-7-8-12(2)11-14/h7-9,11,13,15H,4-6,10H2,1-3H3/t13-/m0/s1. The zero-order valence-electron chi connectivity index (χ0n) is 10.2. The van der Waals surface area contributed by atoms with Gasteiger partial charge in [0.1, 0.15) is 0 Å². The molecule has 0 saturated heterocycles. The molecule has 15 heavy (non-hydrogen) atoms. The zero-order valence-corrected chi connectivity index (χ0v) is 10.2. The lowest BCUT2D eigenvalue weighted by atomic mass is 10.1. The van der Waals surface area contributed by atoms with Crippen LogP contribution >= 0.6 is 0 Å². The van der Waals surface area contributed by atoms with Gasteiger partial charge in [0.15, 0.2) is 0 Å². The fraction of sp³-hybridized carbons (Fsp3) is 0.571. The van der Waals surface area contributed by atoms with Crippen LogP contribution in [0.25, 0.3) is 0 Å². The predicted octanol–water partition coefficient (Wildman–Crippen LogP) is 3.84. The Morgan fingerprint density at radius 3 is 2.73 bits per heavy atom. The van der Waals surface area contributed by atoms with E-state index in [1.54, 1.807) is 0 Å². The van der Waals surface area contributed by atoms with Crippen molar-refractivity contribution in [1.82, 2.24) is 5.32 Å². The van der Waals surface area contributed by atoms with Crippen LogP contribution in [0, 0.1) is 6.92 Å². The molecule has 1 aromatic rings. The van der Waals surface area contributed by atoms with Crippen molar-refractivity contribution in [1.29, 1.82) is 0 Å². The summed E-state index contributed by atoms with van der Waals surface area (Å²) in [5.41, 5.74) is 2.74. The van der Waals surface area contributed by atoms with Crippen LogP contribution in [0.5, 0.6) is 0 Å². The molecule has 0 saturated carbocycles. The average Bonchev–Trinajstić information content (AvgIpc) is 2.24. The summed E-state index contributed by atoms with van der Waals surface area (Å²) in [6, 6.07) is 9.21. The Morgan fingerprint density at radius 2 is 2.07 bits per heavy atom. The molecule has 0 aromatic heterocycles. The van der Waals surface area contributed by atoms with Crippen LogP contribution in [0.2, 0.25) is 0 Å². The highest BCUT2D eigenvalue weighted by Gasteiger charge is 2.03. The SMILES string of the molecule is CCCCCN[C@@H](C)c1cccc(C)c1. The molecule has 1 rings (SSSR count). The second-order valence-electron chi connectivity index (χ2n) is 4.30. The molecule has 1 nitrogen and oxygen atoms in total. The minimum absolute atomic E-state index is 0.474. The second-order valence-corrected chi connectivity index (χ2v) is 4.30. The number of hydrogen-bond donors (Lipinski definition) is 1. The molecule has 0 heterocycles. The van der Waals surface area contributed by atoms with E-state index in [0.717, 1.165) is 6.54 Å². The molecule has 1 N–H and O–H groups in total. The number of aryl methyl sites for hydroxylation is 1. The molecule has 1 heteroatoms. The molecular formula is C14H23N. The maximum atomic E-state index is 3.56. The van der Waals surface area contributed by atoms with Gasteiger partial charge < -0.3 is 5.32 Å². The largest absolute Gasteiger partial charge is 0.310 e. The summed E-state index contributed by atoms with van der Waals surface area (Å²) in [7, 11) is 0. The van der Waals surface area contributed by atoms with Crippen LogP contribution in [-0.2, 0) is 0 Å². The van der Waals surface area contributed by atoms with Gasteiger partial charge in [-0.3, -0.25) is 0 Å². The fourth-order valence-electron chi connectivity index (χ4n) is 1.75. The fourth-order valence-corrected chi connectivity index (χ4v) is 1.75. The smallest absolute Gasteiger partial charge is 0.0291 e. The lowest BCUT2D eigenvalue weighted by Gasteiger charge is -2.14. The van der Waals surface area contributed by atoms with Crippen LogP contribution in [-0.4, -0.2) is 6.54 Å². The number of nitrogens with one attached hydrogen (secondary N) is 1. The summed E-state index contributed by atoms with van der Waals surface area (Å²) >= 11 is 0. The summed E-state index contributed by atoms with van der Waals surface area (Å²) in [6.07, 6.45) is 3.90. The minimum atomic E-state index is 0.474. The van der Waals surface area contributed by atoms with Crippen LogP contribution in [0.3, 0.4) is 0 Å². The van der Waals surface area contributed by atoms with Gasteiger partial charge in [0.25, 0.3) is 0 Å². The highest BCUT2D eigenvalue weighted by atomic mass is 14.9. The van der Waals surface area contributed by atoms with Gasteiger partial charge >= 0.3 is 0 Å². The third-order valence-corrected chi connectivity index (χ3v) is 2.77. The summed E-state index contributed by atoms with van der Waals surface area (Å²) in [5, 5.41) is 3.56. The van der Waals surface area contributed by atoms with E-state index < -0.39 is 0 Å². The number of unbranched alkanes of at least 4 members (excludes halogenated alkanes) is 2. The van der Waals surface area contributed by atoms with E-state index in [4.69, 9.17) is 0 Å². The van der Waals surface area contributed by atoms with E-state index in [0.29, 0.717) is 6.04 Å². The highest BCUT2D eigenvalue weighted by Crippen LogP contribution is 2.13. The van der Waals surface area contributed by atoms with E-state index in [-0.39, 0.29) is 0 Å². The van der Waals surface area contributed by atoms with E-state index in [9.17, 15) is 0 Å². The summed E-state index contributed by atoms with van der Waals surface area (Å²) in [5.74, 6) is 0. The Morgan fingerprint density at radius 1 is 1.27 bits per heavy atom. The molecule has 1 aromatic carbocycles. The first kappa shape index (κ1) is 12.3. The van der Waals surface area contributed by atoms with Crippen molar-refractivity contribution in [3.8, 4) is 0 Å². The number of rotatable bonds is 6. The maximum absolute atomic E-state index is 3.56. The van der Waals surface area contributed by atoms with Crippen molar-refractivity contribution in [2.75, 3.05) is 6.54 Å². The van der Waals surface area contributed by atoms with E-state index >= 15 is 0 Å². The monoisotopic (exact) mass is 205 g/mol. The predicted molar refractivity (Wildman–Crippen MR) is 67.1 cm³/mol. The van der Waals surface area contributed by atoms with Crippen molar-refractivity contribution in [2.45, 2.75) is 46.1 Å². The first-order chi connectivity index (χ1) is 7.24. The third kappa shape index (κ3) is 4.48. The van der Waals surface area contributed by atoms with Crippen LogP contribution in [0.1, 0.15) is 50.3 Å². The molecule has 0 fully saturated rings. The average molecular weight is 205 g/mol. The minimum Gasteiger partial charge on any atom is -0.310 e. The second kappa shape index (κ2) is 6.62. The van der Waals surface area contributed by atoms with Crippen LogP contribution in [0.4, 0.5) is 0 Å². The summed E-state index contributed by atoms with van der Waals surface area (Å²) in [6.45, 7) is 7.75. The van der Waals surface area contributed by atoms with Gasteiger partial charge in [-0.2, -0.15) is 0 Å². The summed E-state index contributed by atoms with van der Waals surface area (Å²) < 4.78 is 0. The highest BCUT2D eigenvalue weighted by molar-refractivity contribution is 5.24. The molecule has 1 atom stereocenters. The van der Waals surface area contributed by atoms with Gasteiger partial charge in [0, 0.05) is 6.04 Å². The molecular weight excluding hydrogens is 182 g/mol. The quantitative estimate of drug-likeness (QED) is 0.696. The number of hydrogen-bond acceptors (Lipinski definition) is 1. The number of benzene rings is 1. The molecule has 0 radical (unpaired) electrons. The van der Waals surface area contributed by atoms with Crippen molar-refractivity contribution in [2.24, 2.45) is 0 Å². The lowest BCUT2D eigenvalue weighted by molar-refractivity contribution is 0.544. The van der Waals surface area contributed by atoms with Crippen molar-refractivity contribution >= 4 is 0 Å². The van der Waals surface area contributed by atoms with Gasteiger partial charge in [0.05, 0.1) is 0 Å². The van der Waals surface area contributed by atoms with E-state index in [2.05, 4.69) is 50.4 Å². The topological polar surface area (TPSA) is 12.0 Å². The Hall–Kier alpha value is -0.820. The molecule has 0 amide bonds. The van der Waals surface area contributed by atoms with Crippen molar-refractivity contribution < 1.29 is 0 Å². The van der Waals surface area contributed by atoms with Gasteiger partial charge in [-0.25, -0.2) is 0 Å². The maximum Gasteiger partial charge on any atom is 0.0291 e. The Balaban J connectivity index is 2.36. The molecule has 0 aliphatic carbocycles. The third-order valence-electron chi connectivity index (χ3n) is 2.77.